The standard InChI is InChI=1S/C32H28N4O2S/c1-35(2)26-14-8-21(9-15-26)18-30-31(33-32(37)39-30)36-29(23-12-16-27(38-3)17-13-23)20-28(34-36)25-11-10-22-6-4-5-7-24(22)19-25/h4-19,29H,20H2,1-3H3/p+1/b30-18-/t29-/m1/s1. The average Bonchev–Trinajstić information content (AvgIpc) is 3.56. The molecule has 6 rings (SSSR count). The van der Waals surface area contributed by atoms with Gasteiger partial charge in [0.25, 0.3) is 0 Å². The van der Waals surface area contributed by atoms with Crippen molar-refractivity contribution in [2.24, 2.45) is 5.10 Å². The monoisotopic (exact) mass is 533 g/mol. The second-order valence-electron chi connectivity index (χ2n) is 9.80. The van der Waals surface area contributed by atoms with Crippen LogP contribution in [0.4, 0.5) is 10.5 Å². The Morgan fingerprint density at radius 1 is 0.974 bits per heavy atom. The van der Waals surface area contributed by atoms with E-state index < -0.39 is 0 Å². The van der Waals surface area contributed by atoms with Gasteiger partial charge in [0.05, 0.1) is 12.8 Å². The van der Waals surface area contributed by atoms with Crippen LogP contribution in [-0.2, 0) is 0 Å². The van der Waals surface area contributed by atoms with E-state index in [1.54, 1.807) is 7.11 Å². The Bertz CT molecular complexity index is 1650. The number of thioether (sulfide) groups is 1. The summed E-state index contributed by atoms with van der Waals surface area (Å²) in [5, 5.41) is 10.5. The van der Waals surface area contributed by atoms with Crippen LogP contribution in [0.25, 0.3) is 16.8 Å². The number of fused-ring (bicyclic) bond motifs is 1. The quantitative estimate of drug-likeness (QED) is 0.291. The molecule has 1 amide bonds. The highest BCUT2D eigenvalue weighted by atomic mass is 32.2. The molecule has 1 saturated heterocycles. The minimum atomic E-state index is -0.107. The van der Waals surface area contributed by atoms with Crippen molar-refractivity contribution in [1.29, 1.82) is 0 Å². The number of anilines is 1. The van der Waals surface area contributed by atoms with Gasteiger partial charge in [-0.15, -0.1) is 4.68 Å². The minimum absolute atomic E-state index is 0.0779. The first kappa shape index (κ1) is 24.9. The molecular weight excluding hydrogens is 504 g/mol. The maximum absolute atomic E-state index is 12.7. The number of carbonyl (C=O) groups excluding carboxylic acids is 1. The summed E-state index contributed by atoms with van der Waals surface area (Å²) in [5.74, 6) is 1.51. The molecule has 6 nitrogen and oxygen atoms in total. The fraction of sp³-hybridized carbons (Fsp3) is 0.156. The summed E-state index contributed by atoms with van der Waals surface area (Å²) in [6.45, 7) is 0. The van der Waals surface area contributed by atoms with E-state index in [0.717, 1.165) is 38.7 Å². The van der Waals surface area contributed by atoms with Crippen molar-refractivity contribution < 1.29 is 14.2 Å². The van der Waals surface area contributed by atoms with Crippen LogP contribution in [0.5, 0.6) is 5.75 Å². The van der Waals surface area contributed by atoms with Crippen LogP contribution in [0.15, 0.2) is 101 Å². The van der Waals surface area contributed by atoms with Crippen LogP contribution in [0.1, 0.15) is 29.2 Å². The normalized spacial score (nSPS) is 19.9. The zero-order valence-corrected chi connectivity index (χ0v) is 22.9. The molecule has 4 aromatic carbocycles. The first-order valence-corrected chi connectivity index (χ1v) is 13.7. The Hall–Kier alpha value is -4.36. The number of rotatable bonds is 5. The molecular formula is C32H29N4O2S+. The van der Waals surface area contributed by atoms with E-state index in [1.807, 2.05) is 37.0 Å². The lowest BCUT2D eigenvalue weighted by Crippen LogP contribution is -2.29. The molecule has 2 heterocycles. The molecule has 2 aliphatic rings. The summed E-state index contributed by atoms with van der Waals surface area (Å²) in [4.78, 5) is 15.6. The number of ether oxygens (including phenoxy) is 1. The Morgan fingerprint density at radius 2 is 1.72 bits per heavy atom. The molecule has 0 unspecified atom stereocenters. The summed E-state index contributed by atoms with van der Waals surface area (Å²) in [6.07, 6.45) is 2.76. The van der Waals surface area contributed by atoms with Crippen LogP contribution in [0, 0.1) is 0 Å². The van der Waals surface area contributed by atoms with E-state index in [0.29, 0.717) is 12.3 Å². The summed E-state index contributed by atoms with van der Waals surface area (Å²) in [5.41, 5.74) is 5.31. The third kappa shape index (κ3) is 5.05. The molecule has 7 heteroatoms. The number of hydrogen-bond donors (Lipinski definition) is 1. The Balaban J connectivity index is 1.46. The van der Waals surface area contributed by atoms with Crippen molar-refractivity contribution in [3.8, 4) is 5.75 Å². The molecule has 1 atom stereocenters. The van der Waals surface area contributed by atoms with E-state index in [4.69, 9.17) is 9.84 Å². The van der Waals surface area contributed by atoms with Crippen LogP contribution in [0.2, 0.25) is 0 Å². The Labute approximate surface area is 232 Å². The van der Waals surface area contributed by atoms with Gasteiger partial charge in [0.1, 0.15) is 10.7 Å². The molecule has 0 aromatic heterocycles. The van der Waals surface area contributed by atoms with Gasteiger partial charge in [-0.1, -0.05) is 65.8 Å². The van der Waals surface area contributed by atoms with E-state index in [2.05, 4.69) is 89.1 Å². The number of hydrogen-bond acceptors (Lipinski definition) is 5. The fourth-order valence-corrected chi connectivity index (χ4v) is 5.75. The highest BCUT2D eigenvalue weighted by molar-refractivity contribution is 8.18. The lowest BCUT2D eigenvalue weighted by Gasteiger charge is -2.12. The third-order valence-corrected chi connectivity index (χ3v) is 7.91. The highest BCUT2D eigenvalue weighted by Gasteiger charge is 2.40. The maximum atomic E-state index is 12.7. The minimum Gasteiger partial charge on any atom is -0.497 e. The molecule has 39 heavy (non-hydrogen) atoms. The van der Waals surface area contributed by atoms with Gasteiger partial charge in [-0.2, -0.15) is 5.32 Å². The molecule has 194 valence electrons. The van der Waals surface area contributed by atoms with Gasteiger partial charge in [-0.05, 0) is 58.3 Å². The molecule has 2 aliphatic heterocycles. The van der Waals surface area contributed by atoms with Crippen LogP contribution >= 0.6 is 11.8 Å². The van der Waals surface area contributed by atoms with Gasteiger partial charge in [0.2, 0.25) is 0 Å². The number of carbonyl (C=O) groups is 1. The second kappa shape index (κ2) is 10.4. The van der Waals surface area contributed by atoms with Crippen LogP contribution in [-0.4, -0.2) is 42.7 Å². The first-order valence-electron chi connectivity index (χ1n) is 12.8. The summed E-state index contributed by atoms with van der Waals surface area (Å²) in [7, 11) is 5.71. The largest absolute Gasteiger partial charge is 0.497 e. The second-order valence-corrected chi connectivity index (χ2v) is 10.8. The number of nitrogens with zero attached hydrogens (tertiary/aromatic N) is 3. The molecule has 0 saturated carbocycles. The smallest absolute Gasteiger partial charge is 0.372 e. The molecule has 0 radical (unpaired) electrons. The SMILES string of the molecule is COc1ccc([C@H]2CC(c3ccc4ccccc4c3)=N/[N+]2=C2\NC(=O)S\C2=C/c2ccc(N(C)C)cc2)cc1. The molecule has 0 aliphatic carbocycles. The highest BCUT2D eigenvalue weighted by Crippen LogP contribution is 2.35. The average molecular weight is 534 g/mol. The van der Waals surface area contributed by atoms with E-state index in [1.165, 1.54) is 22.5 Å². The summed E-state index contributed by atoms with van der Waals surface area (Å²) in [6, 6.07) is 31.1. The van der Waals surface area contributed by atoms with Gasteiger partial charge in [0, 0.05) is 43.5 Å². The number of benzene rings is 4. The van der Waals surface area contributed by atoms with Gasteiger partial charge in [-0.3, -0.25) is 0 Å². The van der Waals surface area contributed by atoms with E-state index in [-0.39, 0.29) is 11.3 Å². The van der Waals surface area contributed by atoms with Crippen molar-refractivity contribution in [3.63, 3.8) is 0 Å². The predicted molar refractivity (Wildman–Crippen MR) is 161 cm³/mol. The van der Waals surface area contributed by atoms with Crippen molar-refractivity contribution in [2.75, 3.05) is 26.1 Å². The molecule has 4 aromatic rings. The maximum Gasteiger partial charge on any atom is 0.372 e. The molecule has 0 bridgehead atoms. The van der Waals surface area contributed by atoms with Crippen LogP contribution in [0.3, 0.4) is 0 Å². The van der Waals surface area contributed by atoms with E-state index >= 15 is 0 Å². The van der Waals surface area contributed by atoms with Gasteiger partial charge in [-0.25, -0.2) is 4.79 Å². The lowest BCUT2D eigenvalue weighted by molar-refractivity contribution is -0.568. The van der Waals surface area contributed by atoms with Crippen LogP contribution < -0.4 is 15.0 Å². The first-order chi connectivity index (χ1) is 19.0. The number of methoxy groups -OCH3 is 1. The van der Waals surface area contributed by atoms with Crippen molar-refractivity contribution in [1.82, 2.24) is 5.32 Å². The third-order valence-electron chi connectivity index (χ3n) is 7.09. The topological polar surface area (TPSA) is 56.9 Å². The van der Waals surface area contributed by atoms with Gasteiger partial charge < -0.3 is 9.64 Å². The number of amides is 1. The van der Waals surface area contributed by atoms with Gasteiger partial charge in [0.15, 0.2) is 6.04 Å². The number of nitrogens with one attached hydrogen (secondary N) is 1. The Kier molecular flexibility index (Phi) is 6.67. The lowest BCUT2D eigenvalue weighted by atomic mass is 9.97. The van der Waals surface area contributed by atoms with Crippen molar-refractivity contribution >= 4 is 51.1 Å². The molecule has 1 N–H and O–H groups in total. The van der Waals surface area contributed by atoms with Crippen molar-refractivity contribution in [3.05, 3.63) is 113 Å². The molecule has 1 fully saturated rings. The summed E-state index contributed by atoms with van der Waals surface area (Å²) < 4.78 is 7.37. The predicted octanol–water partition coefficient (Wildman–Crippen LogP) is 6.67. The van der Waals surface area contributed by atoms with Gasteiger partial charge >= 0.3 is 11.1 Å². The zero-order chi connectivity index (χ0) is 26.9. The number of amidine groups is 1. The molecule has 0 spiro atoms. The van der Waals surface area contributed by atoms with E-state index in [9.17, 15) is 4.79 Å². The fourth-order valence-electron chi connectivity index (χ4n) is 4.97. The zero-order valence-electron chi connectivity index (χ0n) is 22.1. The summed E-state index contributed by atoms with van der Waals surface area (Å²) >= 11 is 1.20. The number of hydrazone groups is 1. The van der Waals surface area contributed by atoms with Crippen molar-refractivity contribution in [2.45, 2.75) is 12.5 Å². The Morgan fingerprint density at radius 3 is 2.44 bits per heavy atom.